The predicted molar refractivity (Wildman–Crippen MR) is 77.7 cm³/mol. The molecule has 2 rings (SSSR count). The Morgan fingerprint density at radius 1 is 1.00 bits per heavy atom. The molecule has 0 aliphatic carbocycles. The number of methoxy groups -OCH3 is 1. The molecular weight excluding hydrogens is 238 g/mol. The zero-order valence-corrected chi connectivity index (χ0v) is 11.3. The largest absolute Gasteiger partial charge is 0.457 e. The quantitative estimate of drug-likeness (QED) is 0.833. The van der Waals surface area contributed by atoms with Crippen LogP contribution in [0.4, 0.5) is 5.69 Å². The van der Waals surface area contributed by atoms with Crippen molar-refractivity contribution in [1.29, 1.82) is 0 Å². The number of anilines is 1. The first-order valence-electron chi connectivity index (χ1n) is 6.31. The molecule has 0 aliphatic heterocycles. The second-order valence-electron chi connectivity index (χ2n) is 4.51. The van der Waals surface area contributed by atoms with E-state index in [2.05, 4.69) is 12.1 Å². The van der Waals surface area contributed by atoms with E-state index in [1.165, 1.54) is 5.56 Å². The van der Waals surface area contributed by atoms with Gasteiger partial charge in [-0.25, -0.2) is 0 Å². The summed E-state index contributed by atoms with van der Waals surface area (Å²) in [7, 11) is 1.71. The van der Waals surface area contributed by atoms with Crippen LogP contribution in [0.3, 0.4) is 0 Å². The Morgan fingerprint density at radius 3 is 2.32 bits per heavy atom. The van der Waals surface area contributed by atoms with E-state index in [-0.39, 0.29) is 0 Å². The Hall–Kier alpha value is -2.00. The SMILES string of the molecule is COCCc1ccc(Oc2ccc(N)c(C)c2)cc1. The van der Waals surface area contributed by atoms with Crippen molar-refractivity contribution in [3.63, 3.8) is 0 Å². The Balaban J connectivity index is 2.04. The van der Waals surface area contributed by atoms with E-state index >= 15 is 0 Å². The maximum atomic E-state index is 5.79. The minimum absolute atomic E-state index is 0.733. The standard InChI is InChI=1S/C16H19NO2/c1-12-11-15(7-8-16(12)17)19-14-5-3-13(4-6-14)9-10-18-2/h3-8,11H,9-10,17H2,1-2H3. The minimum Gasteiger partial charge on any atom is -0.457 e. The fraction of sp³-hybridized carbons (Fsp3) is 0.250. The Kier molecular flexibility index (Phi) is 4.42. The fourth-order valence-electron chi connectivity index (χ4n) is 1.79. The first kappa shape index (κ1) is 13.4. The van der Waals surface area contributed by atoms with Crippen LogP contribution in [-0.4, -0.2) is 13.7 Å². The molecular formula is C16H19NO2. The van der Waals surface area contributed by atoms with Crippen LogP contribution in [0.1, 0.15) is 11.1 Å². The van der Waals surface area contributed by atoms with Crippen LogP contribution in [0.2, 0.25) is 0 Å². The van der Waals surface area contributed by atoms with Crippen molar-refractivity contribution < 1.29 is 9.47 Å². The van der Waals surface area contributed by atoms with Crippen molar-refractivity contribution in [3.8, 4) is 11.5 Å². The maximum absolute atomic E-state index is 5.79. The topological polar surface area (TPSA) is 44.5 Å². The zero-order chi connectivity index (χ0) is 13.7. The molecule has 0 spiro atoms. The third-order valence-corrected chi connectivity index (χ3v) is 3.00. The predicted octanol–water partition coefficient (Wildman–Crippen LogP) is 3.56. The van der Waals surface area contributed by atoms with Crippen LogP contribution in [0.15, 0.2) is 42.5 Å². The van der Waals surface area contributed by atoms with E-state index in [1.54, 1.807) is 7.11 Å². The molecule has 3 heteroatoms. The van der Waals surface area contributed by atoms with Gasteiger partial charge in [0, 0.05) is 12.8 Å². The molecule has 0 heterocycles. The molecule has 0 saturated carbocycles. The third kappa shape index (κ3) is 3.73. The van der Waals surface area contributed by atoms with Crippen molar-refractivity contribution in [3.05, 3.63) is 53.6 Å². The van der Waals surface area contributed by atoms with E-state index in [0.29, 0.717) is 0 Å². The lowest BCUT2D eigenvalue weighted by atomic mass is 10.1. The number of hydrogen-bond acceptors (Lipinski definition) is 3. The number of rotatable bonds is 5. The van der Waals surface area contributed by atoms with Gasteiger partial charge in [-0.15, -0.1) is 0 Å². The van der Waals surface area contributed by atoms with E-state index in [1.807, 2.05) is 37.3 Å². The number of aryl methyl sites for hydroxylation is 1. The van der Waals surface area contributed by atoms with Crippen molar-refractivity contribution in [2.45, 2.75) is 13.3 Å². The van der Waals surface area contributed by atoms with Crippen molar-refractivity contribution in [2.75, 3.05) is 19.5 Å². The second-order valence-corrected chi connectivity index (χ2v) is 4.51. The van der Waals surface area contributed by atoms with E-state index in [4.69, 9.17) is 15.2 Å². The van der Waals surface area contributed by atoms with Gasteiger partial charge >= 0.3 is 0 Å². The lowest BCUT2D eigenvalue weighted by Gasteiger charge is -2.08. The number of nitrogens with two attached hydrogens (primary N) is 1. The minimum atomic E-state index is 0.733. The van der Waals surface area contributed by atoms with Gasteiger partial charge in [0.1, 0.15) is 11.5 Å². The monoisotopic (exact) mass is 257 g/mol. The smallest absolute Gasteiger partial charge is 0.127 e. The molecule has 0 atom stereocenters. The van der Waals surface area contributed by atoms with E-state index in [0.717, 1.165) is 35.8 Å². The molecule has 2 aromatic carbocycles. The molecule has 0 amide bonds. The van der Waals surface area contributed by atoms with Crippen molar-refractivity contribution >= 4 is 5.69 Å². The fourth-order valence-corrected chi connectivity index (χ4v) is 1.79. The van der Waals surface area contributed by atoms with Gasteiger partial charge in [-0.05, 0) is 54.8 Å². The summed E-state index contributed by atoms with van der Waals surface area (Å²) in [6.07, 6.45) is 0.914. The first-order valence-corrected chi connectivity index (χ1v) is 6.31. The Labute approximate surface area is 114 Å². The average Bonchev–Trinajstić information content (AvgIpc) is 2.42. The second kappa shape index (κ2) is 6.25. The highest BCUT2D eigenvalue weighted by Gasteiger charge is 2.00. The molecule has 2 N–H and O–H groups in total. The lowest BCUT2D eigenvalue weighted by molar-refractivity contribution is 0.202. The van der Waals surface area contributed by atoms with Crippen molar-refractivity contribution in [2.24, 2.45) is 0 Å². The highest BCUT2D eigenvalue weighted by molar-refractivity contribution is 5.50. The molecule has 0 bridgehead atoms. The molecule has 0 fully saturated rings. The highest BCUT2D eigenvalue weighted by Crippen LogP contribution is 2.25. The highest BCUT2D eigenvalue weighted by atomic mass is 16.5. The molecule has 2 aromatic rings. The summed E-state index contributed by atoms with van der Waals surface area (Å²) >= 11 is 0. The summed E-state index contributed by atoms with van der Waals surface area (Å²) < 4.78 is 10.8. The summed E-state index contributed by atoms with van der Waals surface area (Å²) in [6.45, 7) is 2.70. The van der Waals surface area contributed by atoms with Gasteiger partial charge in [-0.3, -0.25) is 0 Å². The molecule has 19 heavy (non-hydrogen) atoms. The summed E-state index contributed by atoms with van der Waals surface area (Å²) in [4.78, 5) is 0. The van der Waals surface area contributed by atoms with Crippen LogP contribution in [-0.2, 0) is 11.2 Å². The summed E-state index contributed by atoms with van der Waals surface area (Å²) in [5.41, 5.74) is 8.82. The molecule has 0 unspecified atom stereocenters. The van der Waals surface area contributed by atoms with E-state index in [9.17, 15) is 0 Å². The summed E-state index contributed by atoms with van der Waals surface area (Å²) in [5, 5.41) is 0. The van der Waals surface area contributed by atoms with E-state index < -0.39 is 0 Å². The number of ether oxygens (including phenoxy) is 2. The van der Waals surface area contributed by atoms with Gasteiger partial charge in [-0.2, -0.15) is 0 Å². The van der Waals surface area contributed by atoms with Crippen LogP contribution in [0.25, 0.3) is 0 Å². The molecule has 0 aliphatic rings. The van der Waals surface area contributed by atoms with Gasteiger partial charge in [0.15, 0.2) is 0 Å². The van der Waals surface area contributed by atoms with Gasteiger partial charge in [0.05, 0.1) is 6.61 Å². The van der Waals surface area contributed by atoms with Gasteiger partial charge < -0.3 is 15.2 Å². The van der Waals surface area contributed by atoms with Crippen LogP contribution < -0.4 is 10.5 Å². The molecule has 100 valence electrons. The Bertz CT molecular complexity index is 535. The first-order chi connectivity index (χ1) is 9.19. The molecule has 0 saturated heterocycles. The van der Waals surface area contributed by atoms with Crippen LogP contribution in [0, 0.1) is 6.92 Å². The third-order valence-electron chi connectivity index (χ3n) is 3.00. The van der Waals surface area contributed by atoms with Gasteiger partial charge in [-0.1, -0.05) is 12.1 Å². The number of nitrogen functional groups attached to an aromatic ring is 1. The van der Waals surface area contributed by atoms with Gasteiger partial charge in [0.2, 0.25) is 0 Å². The summed E-state index contributed by atoms with van der Waals surface area (Å²) in [5.74, 6) is 1.63. The summed E-state index contributed by atoms with van der Waals surface area (Å²) in [6, 6.07) is 13.7. The van der Waals surface area contributed by atoms with Crippen LogP contribution >= 0.6 is 0 Å². The molecule has 3 nitrogen and oxygen atoms in total. The van der Waals surface area contributed by atoms with Crippen LogP contribution in [0.5, 0.6) is 11.5 Å². The number of benzene rings is 2. The van der Waals surface area contributed by atoms with Crippen molar-refractivity contribution in [1.82, 2.24) is 0 Å². The van der Waals surface area contributed by atoms with Gasteiger partial charge in [0.25, 0.3) is 0 Å². The normalized spacial score (nSPS) is 10.4. The zero-order valence-electron chi connectivity index (χ0n) is 11.3. The molecule has 0 radical (unpaired) electrons. The lowest BCUT2D eigenvalue weighted by Crippen LogP contribution is -1.94. The Morgan fingerprint density at radius 2 is 1.68 bits per heavy atom. The number of hydrogen-bond donors (Lipinski definition) is 1. The average molecular weight is 257 g/mol. The maximum Gasteiger partial charge on any atom is 0.127 e. The molecule has 0 aromatic heterocycles.